The highest BCUT2D eigenvalue weighted by atomic mass is 19.1. The maximum Gasteiger partial charge on any atom is 0.130 e. The van der Waals surface area contributed by atoms with Gasteiger partial charge >= 0.3 is 0 Å². The van der Waals surface area contributed by atoms with Crippen LogP contribution in [0.2, 0.25) is 0 Å². The molecule has 1 aromatic rings. The van der Waals surface area contributed by atoms with Gasteiger partial charge in [0.15, 0.2) is 0 Å². The van der Waals surface area contributed by atoms with E-state index in [1.807, 2.05) is 0 Å². The minimum Gasteiger partial charge on any atom is -0.311 e. The Balaban J connectivity index is 2.28. The second-order valence-electron chi connectivity index (χ2n) is 5.79. The van der Waals surface area contributed by atoms with Gasteiger partial charge in [-0.3, -0.25) is 4.90 Å². The van der Waals surface area contributed by atoms with Crippen molar-refractivity contribution in [3.05, 3.63) is 35.4 Å². The van der Waals surface area contributed by atoms with Crippen molar-refractivity contribution < 1.29 is 8.78 Å². The molecule has 0 amide bonds. The monoisotopic (exact) mass is 282 g/mol. The number of halogens is 2. The average Bonchev–Trinajstić information content (AvgIpc) is 2.44. The molecule has 0 spiro atoms. The lowest BCUT2D eigenvalue weighted by molar-refractivity contribution is 0.0261. The smallest absolute Gasteiger partial charge is 0.130 e. The summed E-state index contributed by atoms with van der Waals surface area (Å²) in [7, 11) is 0. The van der Waals surface area contributed by atoms with Crippen molar-refractivity contribution in [1.29, 1.82) is 0 Å². The quantitative estimate of drug-likeness (QED) is 0.911. The summed E-state index contributed by atoms with van der Waals surface area (Å²) in [5.74, 6) is -0.894. The molecule has 112 valence electrons. The van der Waals surface area contributed by atoms with Crippen molar-refractivity contribution in [3.63, 3.8) is 0 Å². The van der Waals surface area contributed by atoms with E-state index in [9.17, 15) is 8.78 Å². The maximum atomic E-state index is 13.9. The van der Waals surface area contributed by atoms with Crippen LogP contribution < -0.4 is 5.32 Å². The van der Waals surface area contributed by atoms with Crippen LogP contribution in [0.3, 0.4) is 0 Å². The van der Waals surface area contributed by atoms with E-state index in [0.29, 0.717) is 12.6 Å². The highest BCUT2D eigenvalue weighted by molar-refractivity contribution is 5.20. The van der Waals surface area contributed by atoms with Crippen LogP contribution in [0, 0.1) is 11.6 Å². The number of piperazine rings is 1. The first kappa shape index (κ1) is 15.4. The molecular weight excluding hydrogens is 258 g/mol. The Kier molecular flexibility index (Phi) is 4.76. The van der Waals surface area contributed by atoms with E-state index in [-0.39, 0.29) is 11.1 Å². The summed E-state index contributed by atoms with van der Waals surface area (Å²) in [5, 5.41) is 3.49. The van der Waals surface area contributed by atoms with Gasteiger partial charge in [0.2, 0.25) is 0 Å². The third-order valence-corrected chi connectivity index (χ3v) is 4.67. The van der Waals surface area contributed by atoms with Crippen LogP contribution in [-0.2, 0) is 6.54 Å². The number of rotatable bonds is 4. The van der Waals surface area contributed by atoms with E-state index < -0.39 is 11.6 Å². The van der Waals surface area contributed by atoms with Crippen molar-refractivity contribution in [2.75, 3.05) is 13.1 Å². The second-order valence-corrected chi connectivity index (χ2v) is 5.79. The Labute approximate surface area is 120 Å². The van der Waals surface area contributed by atoms with E-state index in [0.717, 1.165) is 25.9 Å². The first-order valence-electron chi connectivity index (χ1n) is 7.43. The van der Waals surface area contributed by atoms with Crippen LogP contribution >= 0.6 is 0 Å². The molecule has 0 aliphatic carbocycles. The molecule has 1 unspecified atom stereocenters. The lowest BCUT2D eigenvalue weighted by Gasteiger charge is -2.49. The molecule has 0 radical (unpaired) electrons. The number of hydrogen-bond donors (Lipinski definition) is 1. The summed E-state index contributed by atoms with van der Waals surface area (Å²) in [6, 6.07) is 4.44. The molecule has 1 atom stereocenters. The Morgan fingerprint density at radius 3 is 2.40 bits per heavy atom. The average molecular weight is 282 g/mol. The molecule has 1 heterocycles. The van der Waals surface area contributed by atoms with Gasteiger partial charge in [0.05, 0.1) is 0 Å². The zero-order valence-corrected chi connectivity index (χ0v) is 12.5. The summed E-state index contributed by atoms with van der Waals surface area (Å²) in [5.41, 5.74) is 0.175. The van der Waals surface area contributed by atoms with Crippen molar-refractivity contribution in [1.82, 2.24) is 10.2 Å². The predicted molar refractivity (Wildman–Crippen MR) is 77.5 cm³/mol. The largest absolute Gasteiger partial charge is 0.311 e. The normalized spacial score (nSPS) is 22.9. The van der Waals surface area contributed by atoms with Crippen molar-refractivity contribution >= 4 is 0 Å². The number of nitrogens with zero attached hydrogens (tertiary/aromatic N) is 1. The second kappa shape index (κ2) is 6.19. The van der Waals surface area contributed by atoms with Gasteiger partial charge in [0.1, 0.15) is 11.6 Å². The van der Waals surface area contributed by atoms with E-state index in [1.165, 1.54) is 18.2 Å². The molecule has 0 bridgehead atoms. The van der Waals surface area contributed by atoms with Gasteiger partial charge in [-0.05, 0) is 31.9 Å². The fourth-order valence-electron chi connectivity index (χ4n) is 3.12. The Morgan fingerprint density at radius 2 is 1.85 bits per heavy atom. The Morgan fingerprint density at radius 1 is 1.25 bits per heavy atom. The van der Waals surface area contributed by atoms with Crippen LogP contribution in [0.1, 0.15) is 39.2 Å². The van der Waals surface area contributed by atoms with Gasteiger partial charge < -0.3 is 5.32 Å². The molecule has 20 heavy (non-hydrogen) atoms. The lowest BCUT2D eigenvalue weighted by atomic mass is 9.87. The van der Waals surface area contributed by atoms with Gasteiger partial charge in [-0.25, -0.2) is 8.78 Å². The summed E-state index contributed by atoms with van der Waals surface area (Å²) in [4.78, 5) is 2.25. The summed E-state index contributed by atoms with van der Waals surface area (Å²) in [6.45, 7) is 8.43. The summed E-state index contributed by atoms with van der Waals surface area (Å²) < 4.78 is 27.8. The molecule has 0 aromatic heterocycles. The number of benzene rings is 1. The zero-order chi connectivity index (χ0) is 14.8. The third-order valence-electron chi connectivity index (χ3n) is 4.67. The van der Waals surface area contributed by atoms with Gasteiger partial charge in [-0.15, -0.1) is 0 Å². The molecule has 1 aliphatic rings. The fourth-order valence-corrected chi connectivity index (χ4v) is 3.12. The Bertz CT molecular complexity index is 438. The van der Waals surface area contributed by atoms with Crippen LogP contribution in [0.4, 0.5) is 8.78 Å². The molecular formula is C16H24F2N2. The summed E-state index contributed by atoms with van der Waals surface area (Å²) in [6.07, 6.45) is 1.94. The molecule has 2 rings (SSSR count). The van der Waals surface area contributed by atoms with Gasteiger partial charge in [-0.2, -0.15) is 0 Å². The minimum atomic E-state index is -0.447. The first-order valence-corrected chi connectivity index (χ1v) is 7.43. The first-order chi connectivity index (χ1) is 9.52. The molecule has 1 N–H and O–H groups in total. The maximum absolute atomic E-state index is 13.9. The highest BCUT2D eigenvalue weighted by Crippen LogP contribution is 2.29. The SMILES string of the molecule is CCC1(CC)CNC(C)CN1Cc1c(F)cccc1F. The molecule has 1 aromatic carbocycles. The van der Waals surface area contributed by atoms with Crippen LogP contribution in [-0.4, -0.2) is 29.6 Å². The minimum absolute atomic E-state index is 0.0127. The molecule has 1 fully saturated rings. The van der Waals surface area contributed by atoms with E-state index in [2.05, 4.69) is 31.0 Å². The molecule has 2 nitrogen and oxygen atoms in total. The van der Waals surface area contributed by atoms with Gasteiger partial charge in [0, 0.05) is 36.8 Å². The number of nitrogens with one attached hydrogen (secondary N) is 1. The van der Waals surface area contributed by atoms with Gasteiger partial charge in [-0.1, -0.05) is 19.9 Å². The van der Waals surface area contributed by atoms with E-state index >= 15 is 0 Å². The zero-order valence-electron chi connectivity index (χ0n) is 12.5. The topological polar surface area (TPSA) is 15.3 Å². The summed E-state index contributed by atoms with van der Waals surface area (Å²) >= 11 is 0. The fraction of sp³-hybridized carbons (Fsp3) is 0.625. The van der Waals surface area contributed by atoms with E-state index in [4.69, 9.17) is 0 Å². The molecule has 1 aliphatic heterocycles. The Hall–Kier alpha value is -1.00. The molecule has 1 saturated heterocycles. The lowest BCUT2D eigenvalue weighted by Crippen LogP contribution is -2.63. The third kappa shape index (κ3) is 2.86. The number of hydrogen-bond acceptors (Lipinski definition) is 2. The predicted octanol–water partition coefficient (Wildman–Crippen LogP) is 3.32. The van der Waals surface area contributed by atoms with Gasteiger partial charge in [0.25, 0.3) is 0 Å². The van der Waals surface area contributed by atoms with Crippen LogP contribution in [0.25, 0.3) is 0 Å². The van der Waals surface area contributed by atoms with Crippen LogP contribution in [0.15, 0.2) is 18.2 Å². The van der Waals surface area contributed by atoms with Crippen molar-refractivity contribution in [2.24, 2.45) is 0 Å². The molecule has 0 saturated carbocycles. The van der Waals surface area contributed by atoms with Crippen LogP contribution in [0.5, 0.6) is 0 Å². The highest BCUT2D eigenvalue weighted by Gasteiger charge is 2.38. The standard InChI is InChI=1S/C16H24F2N2/c1-4-16(5-2)11-19-12(3)9-20(16)10-13-14(17)7-6-8-15(13)18/h6-8,12,19H,4-5,9-11H2,1-3H3. The van der Waals surface area contributed by atoms with E-state index in [1.54, 1.807) is 0 Å². The molecule has 4 heteroatoms. The van der Waals surface area contributed by atoms with Crippen molar-refractivity contribution in [3.8, 4) is 0 Å². The van der Waals surface area contributed by atoms with Crippen molar-refractivity contribution in [2.45, 2.75) is 51.7 Å².